The van der Waals surface area contributed by atoms with Gasteiger partial charge in [0.05, 0.1) is 29.4 Å². The topological polar surface area (TPSA) is 68.3 Å². The average Bonchev–Trinajstić information content (AvgIpc) is 2.56. The summed E-state index contributed by atoms with van der Waals surface area (Å²) in [5.74, 6) is 0.666. The van der Waals surface area contributed by atoms with Crippen molar-refractivity contribution >= 4 is 26.6 Å². The van der Waals surface area contributed by atoms with E-state index in [1.54, 1.807) is 32.2 Å². The normalized spacial score (nSPS) is 11.5. The van der Waals surface area contributed by atoms with Gasteiger partial charge in [-0.25, -0.2) is 8.42 Å². The van der Waals surface area contributed by atoms with Crippen molar-refractivity contribution in [1.29, 1.82) is 0 Å². The van der Waals surface area contributed by atoms with Gasteiger partial charge in [-0.1, -0.05) is 18.2 Å². The number of anilines is 1. The summed E-state index contributed by atoms with van der Waals surface area (Å²) in [6.07, 6.45) is 1.52. The monoisotopic (exact) mass is 342 g/mol. The molecule has 0 atom stereocenters. The molecule has 124 valence electrons. The predicted octanol–water partition coefficient (Wildman–Crippen LogP) is 3.66. The van der Waals surface area contributed by atoms with Crippen LogP contribution in [0.3, 0.4) is 0 Å². The number of hydrogen-bond donors (Lipinski definition) is 1. The maximum absolute atomic E-state index is 12.7. The van der Waals surface area contributed by atoms with E-state index < -0.39 is 10.0 Å². The molecule has 0 spiro atoms. The zero-order valence-electron chi connectivity index (χ0n) is 13.7. The first kappa shape index (κ1) is 16.3. The Morgan fingerprint density at radius 2 is 1.79 bits per heavy atom. The Kier molecular flexibility index (Phi) is 4.15. The van der Waals surface area contributed by atoms with Crippen LogP contribution in [0.4, 0.5) is 5.69 Å². The van der Waals surface area contributed by atoms with Gasteiger partial charge >= 0.3 is 0 Å². The number of fused-ring (bicyclic) bond motifs is 1. The Labute approximate surface area is 141 Å². The summed E-state index contributed by atoms with van der Waals surface area (Å²) < 4.78 is 33.3. The second-order valence-corrected chi connectivity index (χ2v) is 7.26. The second kappa shape index (κ2) is 6.13. The van der Waals surface area contributed by atoms with Crippen LogP contribution in [0.5, 0.6) is 5.75 Å². The van der Waals surface area contributed by atoms with Gasteiger partial charge in [-0.3, -0.25) is 9.71 Å². The molecule has 0 saturated heterocycles. The summed E-state index contributed by atoms with van der Waals surface area (Å²) >= 11 is 0. The number of sulfonamides is 1. The van der Waals surface area contributed by atoms with Gasteiger partial charge in [-0.05, 0) is 49.2 Å². The molecule has 5 nitrogen and oxygen atoms in total. The van der Waals surface area contributed by atoms with E-state index in [1.165, 1.54) is 6.20 Å². The third kappa shape index (κ3) is 3.05. The predicted molar refractivity (Wildman–Crippen MR) is 95.0 cm³/mol. The molecular weight excluding hydrogens is 324 g/mol. The van der Waals surface area contributed by atoms with Crippen molar-refractivity contribution in [2.24, 2.45) is 0 Å². The first-order valence-corrected chi connectivity index (χ1v) is 8.92. The first-order valence-electron chi connectivity index (χ1n) is 7.43. The Morgan fingerprint density at radius 3 is 2.54 bits per heavy atom. The number of benzene rings is 2. The second-order valence-electron chi connectivity index (χ2n) is 5.61. The fourth-order valence-electron chi connectivity index (χ4n) is 2.61. The van der Waals surface area contributed by atoms with Crippen LogP contribution in [0.1, 0.15) is 11.1 Å². The number of aromatic nitrogens is 1. The quantitative estimate of drug-likeness (QED) is 0.785. The van der Waals surface area contributed by atoms with Crippen molar-refractivity contribution in [2.45, 2.75) is 18.7 Å². The van der Waals surface area contributed by atoms with Crippen molar-refractivity contribution in [1.82, 2.24) is 4.98 Å². The van der Waals surface area contributed by atoms with Crippen LogP contribution in [-0.4, -0.2) is 20.5 Å². The van der Waals surface area contributed by atoms with E-state index in [4.69, 9.17) is 4.74 Å². The van der Waals surface area contributed by atoms with E-state index >= 15 is 0 Å². The van der Waals surface area contributed by atoms with Crippen LogP contribution in [0.2, 0.25) is 0 Å². The number of para-hydroxylation sites is 1. The maximum atomic E-state index is 12.7. The van der Waals surface area contributed by atoms with E-state index in [0.717, 1.165) is 16.5 Å². The van der Waals surface area contributed by atoms with E-state index in [2.05, 4.69) is 9.71 Å². The summed E-state index contributed by atoms with van der Waals surface area (Å²) in [4.78, 5) is 4.51. The Balaban J connectivity index is 2.00. The van der Waals surface area contributed by atoms with Crippen LogP contribution in [0.15, 0.2) is 53.6 Å². The molecule has 0 unspecified atom stereocenters. The van der Waals surface area contributed by atoms with Crippen LogP contribution in [0, 0.1) is 13.8 Å². The molecule has 1 aromatic heterocycles. The van der Waals surface area contributed by atoms with Gasteiger partial charge in [0.2, 0.25) is 0 Å². The summed E-state index contributed by atoms with van der Waals surface area (Å²) in [5, 5.41) is 0.875. The molecule has 0 aliphatic carbocycles. The minimum absolute atomic E-state index is 0.231. The van der Waals surface area contributed by atoms with Crippen molar-refractivity contribution in [3.05, 3.63) is 59.8 Å². The molecule has 0 bridgehead atoms. The highest BCUT2D eigenvalue weighted by Gasteiger charge is 2.19. The van der Waals surface area contributed by atoms with Gasteiger partial charge in [0.15, 0.2) is 0 Å². The molecule has 24 heavy (non-hydrogen) atoms. The standard InChI is InChI=1S/C18H18N2O3S/c1-12-9-18(13(2)8-17(12)23-3)24(21,22)20-15-10-14-6-4-5-7-16(14)19-11-15/h4-11,20H,1-3H3. The van der Waals surface area contributed by atoms with Crippen LogP contribution in [0.25, 0.3) is 10.9 Å². The molecule has 0 aliphatic heterocycles. The van der Waals surface area contributed by atoms with Gasteiger partial charge in [0, 0.05) is 5.39 Å². The zero-order valence-corrected chi connectivity index (χ0v) is 14.5. The average molecular weight is 342 g/mol. The first-order chi connectivity index (χ1) is 11.4. The largest absolute Gasteiger partial charge is 0.496 e. The molecule has 2 aromatic carbocycles. The van der Waals surface area contributed by atoms with Gasteiger partial charge in [-0.15, -0.1) is 0 Å². The molecule has 0 aliphatic rings. The van der Waals surface area contributed by atoms with Gasteiger partial charge in [0.1, 0.15) is 5.75 Å². The number of hydrogen-bond acceptors (Lipinski definition) is 4. The molecule has 3 aromatic rings. The lowest BCUT2D eigenvalue weighted by Gasteiger charge is -2.13. The smallest absolute Gasteiger partial charge is 0.262 e. The van der Waals surface area contributed by atoms with Crippen LogP contribution < -0.4 is 9.46 Å². The fraction of sp³-hybridized carbons (Fsp3) is 0.167. The number of pyridine rings is 1. The van der Waals surface area contributed by atoms with Crippen molar-refractivity contribution < 1.29 is 13.2 Å². The maximum Gasteiger partial charge on any atom is 0.262 e. The number of nitrogens with one attached hydrogen (secondary N) is 1. The zero-order chi connectivity index (χ0) is 17.3. The SMILES string of the molecule is COc1cc(C)c(S(=O)(=O)Nc2cnc3ccccc3c2)cc1C. The molecular formula is C18H18N2O3S. The number of ether oxygens (including phenoxy) is 1. The summed E-state index contributed by atoms with van der Waals surface area (Å²) in [6, 6.07) is 12.7. The van der Waals surface area contributed by atoms with Crippen molar-refractivity contribution in [3.8, 4) is 5.75 Å². The third-order valence-corrected chi connectivity index (χ3v) is 5.35. The minimum Gasteiger partial charge on any atom is -0.496 e. The van der Waals surface area contributed by atoms with Gasteiger partial charge < -0.3 is 4.74 Å². The number of aryl methyl sites for hydroxylation is 2. The Hall–Kier alpha value is -2.60. The molecule has 0 saturated carbocycles. The van der Waals surface area contributed by atoms with E-state index in [0.29, 0.717) is 17.0 Å². The lowest BCUT2D eigenvalue weighted by molar-refractivity contribution is 0.411. The Bertz CT molecular complexity index is 1010. The van der Waals surface area contributed by atoms with E-state index in [-0.39, 0.29) is 4.90 Å². The lowest BCUT2D eigenvalue weighted by atomic mass is 10.1. The van der Waals surface area contributed by atoms with E-state index in [9.17, 15) is 8.42 Å². The van der Waals surface area contributed by atoms with E-state index in [1.807, 2.05) is 31.2 Å². The molecule has 1 heterocycles. The molecule has 3 rings (SSSR count). The van der Waals surface area contributed by atoms with Crippen LogP contribution in [-0.2, 0) is 10.0 Å². The van der Waals surface area contributed by atoms with Crippen molar-refractivity contribution in [3.63, 3.8) is 0 Å². The molecule has 6 heteroatoms. The van der Waals surface area contributed by atoms with Gasteiger partial charge in [-0.2, -0.15) is 0 Å². The van der Waals surface area contributed by atoms with Crippen molar-refractivity contribution in [2.75, 3.05) is 11.8 Å². The molecule has 0 radical (unpaired) electrons. The summed E-state index contributed by atoms with van der Waals surface area (Å²) in [7, 11) is -2.14. The lowest BCUT2D eigenvalue weighted by Crippen LogP contribution is -2.15. The fourth-order valence-corrected chi connectivity index (χ4v) is 3.96. The summed E-state index contributed by atoms with van der Waals surface area (Å²) in [6.45, 7) is 3.56. The third-order valence-electron chi connectivity index (χ3n) is 3.82. The Morgan fingerprint density at radius 1 is 1.04 bits per heavy atom. The molecule has 0 amide bonds. The summed E-state index contributed by atoms with van der Waals surface area (Å²) in [5.41, 5.74) is 2.64. The highest BCUT2D eigenvalue weighted by Crippen LogP contribution is 2.27. The minimum atomic E-state index is -3.71. The molecule has 0 fully saturated rings. The number of rotatable bonds is 4. The molecule has 1 N–H and O–H groups in total. The number of nitrogens with zero attached hydrogens (tertiary/aromatic N) is 1. The highest BCUT2D eigenvalue weighted by atomic mass is 32.2. The number of methoxy groups -OCH3 is 1. The van der Waals surface area contributed by atoms with Crippen LogP contribution >= 0.6 is 0 Å². The highest BCUT2D eigenvalue weighted by molar-refractivity contribution is 7.92. The van der Waals surface area contributed by atoms with Gasteiger partial charge in [0.25, 0.3) is 10.0 Å².